The molecule has 0 saturated heterocycles. The van der Waals surface area contributed by atoms with Crippen molar-refractivity contribution in [1.82, 2.24) is 25.0 Å². The van der Waals surface area contributed by atoms with Crippen molar-refractivity contribution in [2.24, 2.45) is 0 Å². The number of aromatic nitrogens is 5. The molecule has 3 heterocycles. The predicted molar refractivity (Wildman–Crippen MR) is 152 cm³/mol. The molecule has 4 N–H and O–H groups in total. The summed E-state index contributed by atoms with van der Waals surface area (Å²) in [5.74, 6) is -1.47. The van der Waals surface area contributed by atoms with Crippen LogP contribution in [0.1, 0.15) is 37.6 Å². The Hall–Kier alpha value is -5.17. The molecule has 2 aromatic carbocycles. The lowest BCUT2D eigenvalue weighted by molar-refractivity contribution is 0.102. The van der Waals surface area contributed by atoms with E-state index in [0.717, 1.165) is 10.7 Å². The van der Waals surface area contributed by atoms with Gasteiger partial charge >= 0.3 is 0 Å². The minimum absolute atomic E-state index is 0.0832. The first kappa shape index (κ1) is 28.4. The second-order valence-corrected chi connectivity index (χ2v) is 10.3. The summed E-state index contributed by atoms with van der Waals surface area (Å²) in [6, 6.07) is 11.7. The van der Waals surface area contributed by atoms with Crippen LogP contribution in [0.3, 0.4) is 0 Å². The van der Waals surface area contributed by atoms with E-state index in [9.17, 15) is 19.1 Å². The Morgan fingerprint density at radius 2 is 1.86 bits per heavy atom. The average Bonchev–Trinajstić information content (AvgIpc) is 3.33. The summed E-state index contributed by atoms with van der Waals surface area (Å²) in [5.41, 5.74) is -0.726. The number of hydrogen-bond donors (Lipinski definition) is 4. The van der Waals surface area contributed by atoms with Crippen LogP contribution >= 0.6 is 0 Å². The number of halogens is 2. The first-order chi connectivity index (χ1) is 20.0. The van der Waals surface area contributed by atoms with Gasteiger partial charge in [-0.15, -0.1) is 0 Å². The zero-order valence-electron chi connectivity index (χ0n) is 22.9. The molecule has 0 aliphatic carbocycles. The number of aliphatic hydroxyl groups is 1. The maximum Gasteiger partial charge on any atom is 0.284 e. The number of pyridine rings is 1. The van der Waals surface area contributed by atoms with Crippen molar-refractivity contribution in [3.8, 4) is 17.2 Å². The largest absolute Gasteiger partial charge is 0.453 e. The molecular weight excluding hydrogens is 548 g/mol. The molecule has 42 heavy (non-hydrogen) atoms. The summed E-state index contributed by atoms with van der Waals surface area (Å²) in [4.78, 5) is 30.0. The summed E-state index contributed by atoms with van der Waals surface area (Å²) >= 11 is 0. The highest BCUT2D eigenvalue weighted by Crippen LogP contribution is 2.35. The van der Waals surface area contributed by atoms with Crippen LogP contribution in [0.2, 0.25) is 0 Å². The van der Waals surface area contributed by atoms with E-state index in [2.05, 4.69) is 30.9 Å². The van der Waals surface area contributed by atoms with Crippen LogP contribution in [-0.4, -0.2) is 47.6 Å². The van der Waals surface area contributed by atoms with Crippen LogP contribution in [0.25, 0.3) is 16.7 Å². The molecule has 1 atom stereocenters. The van der Waals surface area contributed by atoms with Crippen molar-refractivity contribution < 1.29 is 23.4 Å². The zero-order valence-corrected chi connectivity index (χ0v) is 22.9. The second kappa shape index (κ2) is 11.4. The number of nitrogens with one attached hydrogen (secondary N) is 3. The van der Waals surface area contributed by atoms with Crippen LogP contribution in [0, 0.1) is 11.6 Å². The minimum Gasteiger partial charge on any atom is -0.453 e. The number of rotatable bonds is 9. The monoisotopic (exact) mass is 575 g/mol. The molecule has 0 fully saturated rings. The standard InChI is InChI=1S/C29H27F2N7O4/c1-16(39)15-29(2,3)35-26-24-23(11-12-32-25(24)36-37-26)42-22-9-6-18(14-21(22)31)34-27(40)20-10-13-33-38(28(20)41)19-7-4-17(30)5-8-19/h4-14,16,39H,15H2,1-3H3,(H,34,40)(H2,32,35,36,37). The summed E-state index contributed by atoms with van der Waals surface area (Å²) in [7, 11) is 0. The lowest BCUT2D eigenvalue weighted by Crippen LogP contribution is -2.34. The minimum atomic E-state index is -0.781. The van der Waals surface area contributed by atoms with E-state index in [1.807, 2.05) is 13.8 Å². The molecular formula is C29H27F2N7O4. The number of hydrogen-bond acceptors (Lipinski definition) is 8. The Morgan fingerprint density at radius 1 is 1.10 bits per heavy atom. The number of anilines is 2. The number of carbonyl (C=O) groups excluding carboxylic acids is 1. The Kier molecular flexibility index (Phi) is 7.68. The highest BCUT2D eigenvalue weighted by atomic mass is 19.1. The normalized spacial score (nSPS) is 12.2. The summed E-state index contributed by atoms with van der Waals surface area (Å²) in [6.45, 7) is 5.51. The van der Waals surface area contributed by atoms with Gasteiger partial charge in [-0.05, 0) is 69.7 Å². The fraction of sp³-hybridized carbons (Fsp3) is 0.207. The van der Waals surface area contributed by atoms with Crippen molar-refractivity contribution in [2.75, 3.05) is 10.6 Å². The molecule has 0 spiro atoms. The molecule has 0 radical (unpaired) electrons. The van der Waals surface area contributed by atoms with Crippen LogP contribution in [0.5, 0.6) is 11.5 Å². The average molecular weight is 576 g/mol. The third kappa shape index (κ3) is 6.10. The van der Waals surface area contributed by atoms with Gasteiger partial charge in [0.05, 0.1) is 11.8 Å². The molecule has 5 aromatic rings. The summed E-state index contributed by atoms with van der Waals surface area (Å²) < 4.78 is 35.3. The van der Waals surface area contributed by atoms with Gasteiger partial charge in [0, 0.05) is 35.8 Å². The number of nitrogens with zero attached hydrogens (tertiary/aromatic N) is 4. The van der Waals surface area contributed by atoms with Crippen molar-refractivity contribution in [2.45, 2.75) is 38.8 Å². The lowest BCUT2D eigenvalue weighted by Gasteiger charge is -2.27. The molecule has 216 valence electrons. The van der Waals surface area contributed by atoms with Crippen LogP contribution in [-0.2, 0) is 0 Å². The van der Waals surface area contributed by atoms with E-state index >= 15 is 4.39 Å². The highest BCUT2D eigenvalue weighted by molar-refractivity contribution is 6.04. The Morgan fingerprint density at radius 3 is 2.57 bits per heavy atom. The van der Waals surface area contributed by atoms with Gasteiger partial charge in [0.1, 0.15) is 22.5 Å². The molecule has 0 bridgehead atoms. The number of fused-ring (bicyclic) bond motifs is 1. The lowest BCUT2D eigenvalue weighted by atomic mass is 9.97. The van der Waals surface area contributed by atoms with Gasteiger partial charge in [-0.25, -0.2) is 13.8 Å². The number of aromatic amines is 1. The number of carbonyl (C=O) groups is 1. The van der Waals surface area contributed by atoms with E-state index in [1.165, 1.54) is 54.9 Å². The van der Waals surface area contributed by atoms with Crippen molar-refractivity contribution in [1.29, 1.82) is 0 Å². The van der Waals surface area contributed by atoms with Gasteiger partial charge in [-0.2, -0.15) is 14.9 Å². The first-order valence-corrected chi connectivity index (χ1v) is 12.9. The zero-order chi connectivity index (χ0) is 30.0. The topological polar surface area (TPSA) is 147 Å². The molecule has 13 heteroatoms. The predicted octanol–water partition coefficient (Wildman–Crippen LogP) is 4.79. The SMILES string of the molecule is CC(O)CC(C)(C)Nc1n[nH]c2nccc(Oc3ccc(NC(=O)c4ccnn(-c5ccc(F)cc5)c4=O)cc3F)c12. The number of amides is 1. The molecule has 0 aliphatic rings. The smallest absolute Gasteiger partial charge is 0.284 e. The van der Waals surface area contributed by atoms with Gasteiger partial charge in [0.2, 0.25) is 0 Å². The van der Waals surface area contributed by atoms with Gasteiger partial charge in [-0.1, -0.05) is 0 Å². The number of ether oxygens (including phenoxy) is 1. The van der Waals surface area contributed by atoms with E-state index in [-0.39, 0.29) is 28.4 Å². The van der Waals surface area contributed by atoms with Crippen LogP contribution < -0.4 is 20.9 Å². The molecule has 5 rings (SSSR count). The van der Waals surface area contributed by atoms with Gasteiger partial charge in [0.25, 0.3) is 11.5 Å². The Balaban J connectivity index is 1.36. The molecule has 0 aliphatic heterocycles. The third-order valence-electron chi connectivity index (χ3n) is 6.26. The Bertz CT molecular complexity index is 1820. The van der Waals surface area contributed by atoms with E-state index in [0.29, 0.717) is 23.3 Å². The molecule has 1 unspecified atom stereocenters. The van der Waals surface area contributed by atoms with E-state index in [4.69, 9.17) is 4.74 Å². The maximum atomic E-state index is 15.2. The van der Waals surface area contributed by atoms with Gasteiger partial charge < -0.3 is 20.5 Å². The third-order valence-corrected chi connectivity index (χ3v) is 6.26. The van der Waals surface area contributed by atoms with Crippen molar-refractivity contribution in [3.63, 3.8) is 0 Å². The fourth-order valence-electron chi connectivity index (χ4n) is 4.54. The first-order valence-electron chi connectivity index (χ1n) is 12.9. The Labute approximate surface area is 238 Å². The van der Waals surface area contributed by atoms with Crippen molar-refractivity contribution in [3.05, 3.63) is 94.5 Å². The number of H-pyrrole nitrogens is 1. The summed E-state index contributed by atoms with van der Waals surface area (Å²) in [6.07, 6.45) is 2.64. The highest BCUT2D eigenvalue weighted by Gasteiger charge is 2.24. The fourth-order valence-corrected chi connectivity index (χ4v) is 4.54. The van der Waals surface area contributed by atoms with Gasteiger partial charge in [0.15, 0.2) is 23.0 Å². The van der Waals surface area contributed by atoms with Crippen LogP contribution in [0.4, 0.5) is 20.3 Å². The molecule has 0 saturated carbocycles. The molecule has 1 amide bonds. The van der Waals surface area contributed by atoms with Crippen LogP contribution in [0.15, 0.2) is 71.8 Å². The second-order valence-electron chi connectivity index (χ2n) is 10.3. The molecule has 11 nitrogen and oxygen atoms in total. The number of benzene rings is 2. The van der Waals surface area contributed by atoms with Gasteiger partial charge in [-0.3, -0.25) is 14.7 Å². The van der Waals surface area contributed by atoms with E-state index in [1.54, 1.807) is 13.0 Å². The summed E-state index contributed by atoms with van der Waals surface area (Å²) in [5, 5.41) is 27.1. The van der Waals surface area contributed by atoms with Crippen molar-refractivity contribution >= 4 is 28.4 Å². The van der Waals surface area contributed by atoms with E-state index < -0.39 is 34.7 Å². The number of aliphatic hydroxyl groups excluding tert-OH is 1. The molecule has 3 aromatic heterocycles. The maximum absolute atomic E-state index is 15.2. The quantitative estimate of drug-likeness (QED) is 0.196.